The van der Waals surface area contributed by atoms with Gasteiger partial charge in [0.1, 0.15) is 0 Å². The van der Waals surface area contributed by atoms with E-state index in [1.165, 1.54) is 66.6 Å². The average molecular weight is 987 g/mol. The van der Waals surface area contributed by atoms with Crippen LogP contribution in [0, 0.1) is 13.8 Å². The third-order valence-electron chi connectivity index (χ3n) is 13.3. The number of aryl methyl sites for hydroxylation is 2. The Morgan fingerprint density at radius 1 is 0.493 bits per heavy atom. The number of nitrogens with zero attached hydrogens (tertiary/aromatic N) is 6. The van der Waals surface area contributed by atoms with Crippen LogP contribution in [0.3, 0.4) is 0 Å². The van der Waals surface area contributed by atoms with Crippen LogP contribution in [0.5, 0.6) is 0 Å². The number of hydrogen-bond acceptors (Lipinski definition) is 4. The molecule has 9 aromatic rings. The van der Waals surface area contributed by atoms with E-state index in [0.717, 1.165) is 27.4 Å². The molecule has 0 N–H and O–H groups in total. The van der Waals surface area contributed by atoms with Crippen molar-refractivity contribution in [3.05, 3.63) is 202 Å². The first-order chi connectivity index (χ1) is 33.5. The molecule has 7 heteroatoms. The van der Waals surface area contributed by atoms with Gasteiger partial charge in [-0.15, -0.1) is 0 Å². The van der Waals surface area contributed by atoms with Crippen LogP contribution in [-0.2, 0) is 24.9 Å². The summed E-state index contributed by atoms with van der Waals surface area (Å²) in [5.41, 5.74) is 18.9. The topological polar surface area (TPSA) is 78.7 Å². The molecule has 0 fully saturated rings. The van der Waals surface area contributed by atoms with Crippen molar-refractivity contribution in [1.29, 1.82) is 0 Å². The summed E-state index contributed by atoms with van der Waals surface area (Å²) in [4.78, 5) is 28.5. The van der Waals surface area contributed by atoms with Crippen molar-refractivity contribution in [2.45, 2.75) is 119 Å². The maximum absolute atomic E-state index is 5.03. The molecule has 0 aliphatic rings. The van der Waals surface area contributed by atoms with E-state index in [1.54, 1.807) is 0 Å². The number of hydrogen-bond donors (Lipinski definition) is 0. The van der Waals surface area contributed by atoms with Gasteiger partial charge in [-0.2, -0.15) is 0 Å². The summed E-state index contributed by atoms with van der Waals surface area (Å²) >= 11 is 0. The van der Waals surface area contributed by atoms with Crippen molar-refractivity contribution in [3.63, 3.8) is 0 Å². The maximum Gasteiger partial charge on any atom is 2.00 e. The molecule has 356 valence electrons. The summed E-state index contributed by atoms with van der Waals surface area (Å²) in [5, 5.41) is 3.36. The Kier molecular flexibility index (Phi) is 16.4. The van der Waals surface area contributed by atoms with Crippen LogP contribution in [0.1, 0.15) is 139 Å². The summed E-state index contributed by atoms with van der Waals surface area (Å²) in [6.45, 7) is 29.0. The Labute approximate surface area is 434 Å². The summed E-state index contributed by atoms with van der Waals surface area (Å²) < 4.78 is 0. The quantitative estimate of drug-likeness (QED) is 0.107. The van der Waals surface area contributed by atoms with Crippen molar-refractivity contribution in [2.24, 2.45) is 9.98 Å². The molecular weight excluding hydrogens is 918 g/mol. The molecule has 9 rings (SSSR count). The van der Waals surface area contributed by atoms with Crippen LogP contribution in [0.15, 0.2) is 162 Å². The molecule has 5 aromatic carbocycles. The maximum atomic E-state index is 5.03. The number of benzene rings is 5. The minimum atomic E-state index is 0. The third-order valence-corrected chi connectivity index (χ3v) is 13.3. The van der Waals surface area contributed by atoms with Gasteiger partial charge < -0.3 is 20.0 Å². The number of rotatable bonds is 9. The zero-order valence-corrected chi connectivity index (χ0v) is 47.1. The standard InChI is InChI=1S/C34H40N3.C30H28N3.Zn/c1-21(2)27-11-9-12-28(22(3)4)33(27)25-15-17-35-31(19-25)37-32-20-26(16-18-36-32)34-29(23(5)6)13-10-14-30(34)24(7)8;1-19-10-8-11-20(2)27(19)24-14-9-15-25-28(24)22-12-6-7-13-23(22)29(32-25)33-26-18-21(16-17-31-26)30(3,4)5;/h9-24H,1-8H3;6-18H,1-5H3;/q2*-1;+2. The van der Waals surface area contributed by atoms with E-state index in [9.17, 15) is 0 Å². The Hall–Kier alpha value is -6.56. The molecule has 6 nitrogen and oxygen atoms in total. The van der Waals surface area contributed by atoms with Crippen molar-refractivity contribution >= 4 is 33.3 Å². The second kappa shape index (κ2) is 22.2. The van der Waals surface area contributed by atoms with Gasteiger partial charge in [0.05, 0.1) is 17.2 Å². The molecule has 0 saturated heterocycles. The Balaban J connectivity index is 0.000000207. The molecule has 0 spiro atoms. The van der Waals surface area contributed by atoms with Gasteiger partial charge in [-0.05, 0) is 139 Å². The van der Waals surface area contributed by atoms with Crippen molar-refractivity contribution < 1.29 is 19.5 Å². The fourth-order valence-electron chi connectivity index (χ4n) is 9.73. The smallest absolute Gasteiger partial charge is 0.443 e. The summed E-state index contributed by atoms with van der Waals surface area (Å²) in [6, 6.07) is 47.1. The van der Waals surface area contributed by atoms with E-state index in [1.807, 2.05) is 18.6 Å². The van der Waals surface area contributed by atoms with E-state index in [-0.39, 0.29) is 24.9 Å². The molecule has 0 atom stereocenters. The SMILES string of the molecule is CC(C)c1cccc(C(C)C)c1-c1ccnc(N=c2cc(-c3c(C(C)C)cccc3C(C)C)cc[n-]2)c1.Cc1cccc(C)c1-c1cccc2nc(N=c3cc(C(C)(C)C)cc[n-]3)c3ccccc3c12.[Zn+2]. The molecule has 0 amide bonds. The van der Waals surface area contributed by atoms with Crippen molar-refractivity contribution in [1.82, 2.24) is 19.9 Å². The van der Waals surface area contributed by atoms with E-state index in [0.29, 0.717) is 46.3 Å². The molecule has 4 aromatic heterocycles. The molecule has 0 bridgehead atoms. The fraction of sp³-hybridized carbons (Fsp3) is 0.281. The molecule has 0 aliphatic carbocycles. The van der Waals surface area contributed by atoms with Gasteiger partial charge in [0.25, 0.3) is 0 Å². The van der Waals surface area contributed by atoms with E-state index < -0.39 is 0 Å². The van der Waals surface area contributed by atoms with Gasteiger partial charge in [-0.3, -0.25) is 9.97 Å². The largest absolute Gasteiger partial charge is 2.00 e. The van der Waals surface area contributed by atoms with Crippen molar-refractivity contribution in [3.8, 4) is 33.4 Å². The number of fused-ring (bicyclic) bond motifs is 3. The van der Waals surface area contributed by atoms with E-state index >= 15 is 0 Å². The average Bonchev–Trinajstić information content (AvgIpc) is 3.33. The number of aromatic nitrogens is 4. The van der Waals surface area contributed by atoms with Gasteiger partial charge in [-0.25, -0.2) is 0 Å². The van der Waals surface area contributed by atoms with Crippen LogP contribution in [-0.4, -0.2) is 9.97 Å². The van der Waals surface area contributed by atoms with Crippen LogP contribution in [0.4, 0.5) is 11.6 Å². The summed E-state index contributed by atoms with van der Waals surface area (Å²) in [7, 11) is 0. The normalized spacial score (nSPS) is 12.3. The van der Waals surface area contributed by atoms with Gasteiger partial charge >= 0.3 is 19.5 Å². The minimum absolute atomic E-state index is 0. The Morgan fingerprint density at radius 3 is 1.56 bits per heavy atom. The zero-order valence-electron chi connectivity index (χ0n) is 44.1. The van der Waals surface area contributed by atoms with Gasteiger partial charge in [0.2, 0.25) is 0 Å². The predicted molar refractivity (Wildman–Crippen MR) is 294 cm³/mol. The Morgan fingerprint density at radius 2 is 1.00 bits per heavy atom. The zero-order chi connectivity index (χ0) is 49.9. The second-order valence-corrected chi connectivity index (χ2v) is 20.9. The van der Waals surface area contributed by atoms with Crippen LogP contribution < -0.4 is 20.9 Å². The van der Waals surface area contributed by atoms with Gasteiger partial charge in [-0.1, -0.05) is 215 Å². The van der Waals surface area contributed by atoms with Gasteiger partial charge in [0.15, 0.2) is 0 Å². The molecule has 71 heavy (non-hydrogen) atoms. The second-order valence-electron chi connectivity index (χ2n) is 20.9. The number of pyridine rings is 4. The fourth-order valence-corrected chi connectivity index (χ4v) is 9.73. The molecule has 0 saturated carbocycles. The van der Waals surface area contributed by atoms with E-state index in [4.69, 9.17) is 15.0 Å². The first-order valence-corrected chi connectivity index (χ1v) is 25.0. The Bertz CT molecular complexity index is 3400. The van der Waals surface area contributed by atoms with Crippen LogP contribution in [0.2, 0.25) is 0 Å². The summed E-state index contributed by atoms with van der Waals surface area (Å²) in [5.74, 6) is 3.09. The van der Waals surface area contributed by atoms with E-state index in [2.05, 4.69) is 238 Å². The molecule has 0 radical (unpaired) electrons. The first-order valence-electron chi connectivity index (χ1n) is 25.0. The minimum Gasteiger partial charge on any atom is -0.443 e. The predicted octanol–water partition coefficient (Wildman–Crippen LogP) is 16.3. The van der Waals surface area contributed by atoms with Gasteiger partial charge in [0, 0.05) is 17.0 Å². The molecule has 0 unspecified atom stereocenters. The monoisotopic (exact) mass is 984 g/mol. The molecule has 4 heterocycles. The first kappa shape index (κ1) is 52.3. The van der Waals surface area contributed by atoms with Crippen LogP contribution in [0.25, 0.3) is 55.1 Å². The van der Waals surface area contributed by atoms with Crippen LogP contribution >= 0.6 is 0 Å². The molecular formula is C64H68N6Zn. The third kappa shape index (κ3) is 11.5. The summed E-state index contributed by atoms with van der Waals surface area (Å²) in [6.07, 6.45) is 5.57. The molecule has 0 aliphatic heterocycles. The van der Waals surface area contributed by atoms with Crippen molar-refractivity contribution in [2.75, 3.05) is 0 Å².